The van der Waals surface area contributed by atoms with Gasteiger partial charge in [0.05, 0.1) is 25.3 Å². The summed E-state index contributed by atoms with van der Waals surface area (Å²) in [6, 6.07) is 13.3. The number of carbonyl (C=O) groups excluding carboxylic acids is 2. The van der Waals surface area contributed by atoms with Crippen LogP contribution in [0.15, 0.2) is 54.6 Å². The number of ether oxygens (including phenoxy) is 2. The zero-order valence-corrected chi connectivity index (χ0v) is 21.2. The van der Waals surface area contributed by atoms with Gasteiger partial charge in [0.25, 0.3) is 11.8 Å². The van der Waals surface area contributed by atoms with Crippen LogP contribution in [-0.2, 0) is 0 Å². The third-order valence-corrected chi connectivity index (χ3v) is 7.58. The number of nitrogens with zero attached hydrogens (tertiary/aromatic N) is 2. The number of piperidine rings is 1. The van der Waals surface area contributed by atoms with E-state index < -0.39 is 5.82 Å². The predicted molar refractivity (Wildman–Crippen MR) is 136 cm³/mol. The SMILES string of the molecule is COc1ccc(C(=O)N2CC3(CCN(C(=O)c4ccc(-c5ccc(F)cc5)cc4F)CC3)C2)c(O)c1OC. The van der Waals surface area contributed by atoms with Crippen LogP contribution in [0.1, 0.15) is 33.6 Å². The zero-order valence-electron chi connectivity index (χ0n) is 21.2. The number of hydrogen-bond donors (Lipinski definition) is 1. The number of methoxy groups -OCH3 is 2. The van der Waals surface area contributed by atoms with Gasteiger partial charge in [-0.05, 0) is 60.4 Å². The van der Waals surface area contributed by atoms with E-state index >= 15 is 0 Å². The predicted octanol–water partition coefficient (Wildman–Crippen LogP) is 4.73. The Bertz CT molecular complexity index is 1380. The highest BCUT2D eigenvalue weighted by Crippen LogP contribution is 2.44. The first-order chi connectivity index (χ1) is 18.2. The number of phenolic OH excluding ortho intramolecular Hbond substituents is 1. The molecule has 1 N–H and O–H groups in total. The Hall–Kier alpha value is -4.14. The molecule has 3 aromatic rings. The summed E-state index contributed by atoms with van der Waals surface area (Å²) >= 11 is 0. The van der Waals surface area contributed by atoms with Crippen LogP contribution < -0.4 is 9.47 Å². The van der Waals surface area contributed by atoms with Gasteiger partial charge in [-0.2, -0.15) is 0 Å². The normalized spacial score (nSPS) is 16.2. The second kappa shape index (κ2) is 9.96. The van der Waals surface area contributed by atoms with Crippen LogP contribution >= 0.6 is 0 Å². The van der Waals surface area contributed by atoms with Crippen molar-refractivity contribution < 1.29 is 33.0 Å². The van der Waals surface area contributed by atoms with Crippen molar-refractivity contribution in [3.8, 4) is 28.4 Å². The maximum Gasteiger partial charge on any atom is 0.257 e. The van der Waals surface area contributed by atoms with Crippen molar-refractivity contribution >= 4 is 11.8 Å². The lowest BCUT2D eigenvalue weighted by molar-refractivity contribution is -0.0290. The number of aromatic hydroxyl groups is 1. The summed E-state index contributed by atoms with van der Waals surface area (Å²) < 4.78 is 38.4. The van der Waals surface area contributed by atoms with Gasteiger partial charge in [-0.25, -0.2) is 8.78 Å². The van der Waals surface area contributed by atoms with Crippen molar-refractivity contribution in [3.05, 3.63) is 77.4 Å². The minimum atomic E-state index is -0.618. The number of phenols is 1. The maximum absolute atomic E-state index is 14.9. The summed E-state index contributed by atoms with van der Waals surface area (Å²) in [6.07, 6.45) is 1.38. The average Bonchev–Trinajstić information content (AvgIpc) is 2.91. The van der Waals surface area contributed by atoms with Gasteiger partial charge in [0.15, 0.2) is 11.5 Å². The highest BCUT2D eigenvalue weighted by Gasteiger charge is 2.48. The van der Waals surface area contributed by atoms with Crippen molar-refractivity contribution in [2.75, 3.05) is 40.4 Å². The van der Waals surface area contributed by atoms with Crippen LogP contribution in [0.5, 0.6) is 17.2 Å². The number of likely N-dealkylation sites (tertiary alicyclic amines) is 2. The molecule has 2 amide bonds. The van der Waals surface area contributed by atoms with Gasteiger partial charge in [0.1, 0.15) is 11.6 Å². The molecule has 5 rings (SSSR count). The minimum absolute atomic E-state index is 0.00107. The fourth-order valence-electron chi connectivity index (χ4n) is 5.34. The van der Waals surface area contributed by atoms with Crippen LogP contribution in [0.3, 0.4) is 0 Å². The quantitative estimate of drug-likeness (QED) is 0.524. The lowest BCUT2D eigenvalue weighted by Crippen LogP contribution is -2.62. The second-order valence-corrected chi connectivity index (χ2v) is 9.85. The van der Waals surface area contributed by atoms with Crippen LogP contribution in [0.25, 0.3) is 11.1 Å². The van der Waals surface area contributed by atoms with E-state index in [1.165, 1.54) is 44.6 Å². The van der Waals surface area contributed by atoms with Crippen LogP contribution in [-0.4, -0.2) is 67.1 Å². The van der Waals surface area contributed by atoms with E-state index in [1.807, 2.05) is 0 Å². The number of rotatable bonds is 5. The molecule has 0 atom stereocenters. The van der Waals surface area contributed by atoms with E-state index in [1.54, 1.807) is 34.1 Å². The number of benzene rings is 3. The summed E-state index contributed by atoms with van der Waals surface area (Å²) in [7, 11) is 2.85. The summed E-state index contributed by atoms with van der Waals surface area (Å²) in [5.41, 5.74) is 1.26. The highest BCUT2D eigenvalue weighted by atomic mass is 19.1. The number of hydrogen-bond acceptors (Lipinski definition) is 5. The van der Waals surface area contributed by atoms with E-state index in [4.69, 9.17) is 9.47 Å². The molecule has 0 radical (unpaired) electrons. The topological polar surface area (TPSA) is 79.3 Å². The van der Waals surface area contributed by atoms with Crippen LogP contribution in [0.2, 0.25) is 0 Å². The van der Waals surface area contributed by atoms with E-state index in [0.717, 1.165) is 0 Å². The highest BCUT2D eigenvalue weighted by molar-refractivity contribution is 5.99. The molecule has 198 valence electrons. The van der Waals surface area contributed by atoms with Crippen LogP contribution in [0.4, 0.5) is 8.78 Å². The van der Waals surface area contributed by atoms with E-state index in [9.17, 15) is 23.5 Å². The van der Waals surface area contributed by atoms with Gasteiger partial charge in [0.2, 0.25) is 5.75 Å². The molecule has 0 aliphatic carbocycles. The Morgan fingerprint density at radius 1 is 0.816 bits per heavy atom. The fraction of sp³-hybridized carbons (Fsp3) is 0.310. The molecule has 2 aliphatic rings. The third-order valence-electron chi connectivity index (χ3n) is 7.58. The first kappa shape index (κ1) is 25.5. The number of amides is 2. The van der Waals surface area contributed by atoms with Crippen molar-refractivity contribution in [2.45, 2.75) is 12.8 Å². The molecule has 0 bridgehead atoms. The van der Waals surface area contributed by atoms with Gasteiger partial charge >= 0.3 is 0 Å². The molecule has 0 saturated carbocycles. The van der Waals surface area contributed by atoms with Gasteiger partial charge in [-0.3, -0.25) is 9.59 Å². The summed E-state index contributed by atoms with van der Waals surface area (Å²) in [5, 5.41) is 10.5. The van der Waals surface area contributed by atoms with E-state index in [-0.39, 0.29) is 45.7 Å². The van der Waals surface area contributed by atoms with Crippen molar-refractivity contribution in [1.29, 1.82) is 0 Å². The molecule has 9 heteroatoms. The summed E-state index contributed by atoms with van der Waals surface area (Å²) in [4.78, 5) is 29.4. The van der Waals surface area contributed by atoms with Gasteiger partial charge in [-0.1, -0.05) is 18.2 Å². The molecule has 2 heterocycles. The lowest BCUT2D eigenvalue weighted by atomic mass is 9.71. The van der Waals surface area contributed by atoms with Crippen LogP contribution in [0, 0.1) is 17.0 Å². The Labute approximate surface area is 219 Å². The second-order valence-electron chi connectivity index (χ2n) is 9.85. The molecular weight excluding hydrogens is 494 g/mol. The molecule has 0 aromatic heterocycles. The van der Waals surface area contributed by atoms with E-state index in [2.05, 4.69) is 0 Å². The zero-order chi connectivity index (χ0) is 27.0. The molecule has 2 saturated heterocycles. The Kier molecular flexibility index (Phi) is 6.69. The molecule has 0 unspecified atom stereocenters. The lowest BCUT2D eigenvalue weighted by Gasteiger charge is -2.54. The maximum atomic E-state index is 14.9. The molecule has 2 aliphatic heterocycles. The fourth-order valence-corrected chi connectivity index (χ4v) is 5.34. The van der Waals surface area contributed by atoms with Crippen molar-refractivity contribution in [3.63, 3.8) is 0 Å². The molecule has 7 nitrogen and oxygen atoms in total. The third kappa shape index (κ3) is 4.53. The summed E-state index contributed by atoms with van der Waals surface area (Å²) in [6.45, 7) is 1.95. The monoisotopic (exact) mass is 522 g/mol. The average molecular weight is 523 g/mol. The molecule has 1 spiro atoms. The molecular formula is C29H28F2N2O5. The molecule has 2 fully saturated rings. The van der Waals surface area contributed by atoms with Crippen molar-refractivity contribution in [1.82, 2.24) is 9.80 Å². The Balaban J connectivity index is 1.20. The van der Waals surface area contributed by atoms with Crippen molar-refractivity contribution in [2.24, 2.45) is 5.41 Å². The molecule has 3 aromatic carbocycles. The number of halogens is 2. The molecule has 38 heavy (non-hydrogen) atoms. The largest absolute Gasteiger partial charge is 0.504 e. The first-order valence-corrected chi connectivity index (χ1v) is 12.3. The Morgan fingerprint density at radius 3 is 2.03 bits per heavy atom. The smallest absolute Gasteiger partial charge is 0.257 e. The first-order valence-electron chi connectivity index (χ1n) is 12.3. The number of carbonyl (C=O) groups is 2. The van der Waals surface area contributed by atoms with Gasteiger partial charge < -0.3 is 24.4 Å². The Morgan fingerprint density at radius 2 is 1.42 bits per heavy atom. The standard InChI is InChI=1S/C29H28F2N2O5/c1-37-24-10-9-22(25(34)26(24)38-2)28(36)33-16-29(17-33)11-13-32(14-12-29)27(35)21-8-5-19(15-23(21)31)18-3-6-20(30)7-4-18/h3-10,15,34H,11-14,16-17H2,1-2H3. The summed E-state index contributed by atoms with van der Waals surface area (Å²) in [5.74, 6) is -1.47. The minimum Gasteiger partial charge on any atom is -0.504 e. The van der Waals surface area contributed by atoms with Gasteiger partial charge in [-0.15, -0.1) is 0 Å². The van der Waals surface area contributed by atoms with E-state index in [0.29, 0.717) is 55.9 Å². The van der Waals surface area contributed by atoms with Gasteiger partial charge in [0, 0.05) is 31.6 Å².